The number of carbonyl (C=O) groups is 1. The first kappa shape index (κ1) is 16.6. The minimum Gasteiger partial charge on any atom is -0.496 e. The topological polar surface area (TPSA) is 58.2 Å². The molecule has 1 N–H and O–H groups in total. The van der Waals surface area contributed by atoms with Crippen molar-refractivity contribution in [3.05, 3.63) is 59.4 Å². The van der Waals surface area contributed by atoms with Gasteiger partial charge in [0.15, 0.2) is 0 Å². The molecule has 1 saturated heterocycles. The number of hydrogen-bond acceptors (Lipinski definition) is 3. The number of piperidine rings is 1. The van der Waals surface area contributed by atoms with Gasteiger partial charge in [-0.3, -0.25) is 4.79 Å². The van der Waals surface area contributed by atoms with Crippen LogP contribution in [-0.4, -0.2) is 41.0 Å². The Morgan fingerprint density at radius 3 is 3.08 bits per heavy atom. The van der Waals surface area contributed by atoms with Crippen LogP contribution in [0.5, 0.6) is 5.75 Å². The van der Waals surface area contributed by atoms with Crippen molar-refractivity contribution < 1.29 is 9.53 Å². The van der Waals surface area contributed by atoms with Crippen molar-refractivity contribution in [1.29, 1.82) is 0 Å². The van der Waals surface area contributed by atoms with E-state index in [9.17, 15) is 4.79 Å². The monoisotopic (exact) mass is 349 g/mol. The van der Waals surface area contributed by atoms with Crippen molar-refractivity contribution in [3.8, 4) is 5.75 Å². The molecule has 1 aliphatic rings. The summed E-state index contributed by atoms with van der Waals surface area (Å²) in [4.78, 5) is 22.7. The number of nitrogens with one attached hydrogen (secondary N) is 1. The largest absolute Gasteiger partial charge is 0.496 e. The van der Waals surface area contributed by atoms with Gasteiger partial charge in [0.05, 0.1) is 12.7 Å². The van der Waals surface area contributed by atoms with Gasteiger partial charge >= 0.3 is 0 Å². The number of amides is 1. The molecule has 1 amide bonds. The van der Waals surface area contributed by atoms with Gasteiger partial charge in [0.25, 0.3) is 5.91 Å². The number of aromatic amines is 1. The summed E-state index contributed by atoms with van der Waals surface area (Å²) >= 11 is 0. The molecule has 5 nitrogen and oxygen atoms in total. The second-order valence-corrected chi connectivity index (χ2v) is 6.94. The van der Waals surface area contributed by atoms with Crippen LogP contribution in [0.4, 0.5) is 0 Å². The van der Waals surface area contributed by atoms with Crippen molar-refractivity contribution >= 4 is 16.9 Å². The maximum absolute atomic E-state index is 13.1. The normalized spacial score (nSPS) is 17.5. The van der Waals surface area contributed by atoms with Crippen molar-refractivity contribution in [2.24, 2.45) is 0 Å². The number of benzene rings is 1. The molecular weight excluding hydrogens is 326 g/mol. The van der Waals surface area contributed by atoms with Crippen LogP contribution < -0.4 is 4.74 Å². The zero-order valence-electron chi connectivity index (χ0n) is 15.2. The molecule has 0 spiro atoms. The lowest BCUT2D eigenvalue weighted by atomic mass is 9.90. The Kier molecular flexibility index (Phi) is 4.37. The average Bonchev–Trinajstić information content (AvgIpc) is 3.11. The number of rotatable bonds is 3. The molecule has 5 heteroatoms. The quantitative estimate of drug-likeness (QED) is 0.780. The number of hydrogen-bond donors (Lipinski definition) is 1. The predicted octanol–water partition coefficient (Wildman–Crippen LogP) is 3.90. The first-order valence-electron chi connectivity index (χ1n) is 9.03. The van der Waals surface area contributed by atoms with Crippen molar-refractivity contribution in [3.63, 3.8) is 0 Å². The highest BCUT2D eigenvalue weighted by atomic mass is 16.5. The molecular formula is C21H23N3O2. The van der Waals surface area contributed by atoms with Crippen LogP contribution >= 0.6 is 0 Å². The maximum atomic E-state index is 13.1. The van der Waals surface area contributed by atoms with E-state index in [1.807, 2.05) is 42.3 Å². The third-order valence-corrected chi connectivity index (χ3v) is 5.22. The molecule has 1 aliphatic heterocycles. The summed E-state index contributed by atoms with van der Waals surface area (Å²) in [6.45, 7) is 3.50. The van der Waals surface area contributed by atoms with E-state index in [0.29, 0.717) is 17.2 Å². The minimum atomic E-state index is 0.0458. The highest BCUT2D eigenvalue weighted by Gasteiger charge is 2.28. The third-order valence-electron chi connectivity index (χ3n) is 5.22. The number of aryl methyl sites for hydroxylation is 1. The molecule has 0 radical (unpaired) electrons. The fourth-order valence-corrected chi connectivity index (χ4v) is 3.88. The number of ether oxygens (including phenoxy) is 1. The highest BCUT2D eigenvalue weighted by Crippen LogP contribution is 2.33. The molecule has 0 bridgehead atoms. The van der Waals surface area contributed by atoms with E-state index in [2.05, 4.69) is 16.0 Å². The molecule has 1 unspecified atom stereocenters. The number of H-pyrrole nitrogens is 1. The Balaban J connectivity index is 1.60. The smallest absolute Gasteiger partial charge is 0.257 e. The van der Waals surface area contributed by atoms with Crippen molar-refractivity contribution in [1.82, 2.24) is 14.9 Å². The summed E-state index contributed by atoms with van der Waals surface area (Å²) in [7, 11) is 1.61. The van der Waals surface area contributed by atoms with Gasteiger partial charge in [-0.25, -0.2) is 4.98 Å². The van der Waals surface area contributed by atoms with Gasteiger partial charge in [0, 0.05) is 36.8 Å². The summed E-state index contributed by atoms with van der Waals surface area (Å²) < 4.78 is 5.43. The molecule has 0 aliphatic carbocycles. The standard InChI is InChI=1S/C21H23N3O2/c1-14-7-8-17(19(11-14)26-2)21(25)24-10-4-5-15(13-24)18-12-23-20-16(18)6-3-9-22-20/h3,6-9,11-12,15H,4-5,10,13H2,1-2H3,(H,22,23). The second-order valence-electron chi connectivity index (χ2n) is 6.94. The second kappa shape index (κ2) is 6.83. The Labute approximate surface area is 153 Å². The van der Waals surface area contributed by atoms with Crippen molar-refractivity contribution in [2.45, 2.75) is 25.7 Å². The van der Waals surface area contributed by atoms with E-state index in [4.69, 9.17) is 4.74 Å². The van der Waals surface area contributed by atoms with Gasteiger partial charge in [0.1, 0.15) is 11.4 Å². The van der Waals surface area contributed by atoms with Crippen molar-refractivity contribution in [2.75, 3.05) is 20.2 Å². The molecule has 4 rings (SSSR count). The summed E-state index contributed by atoms with van der Waals surface area (Å²) in [6.07, 6.45) is 5.92. The zero-order valence-corrected chi connectivity index (χ0v) is 15.2. The summed E-state index contributed by atoms with van der Waals surface area (Å²) in [6, 6.07) is 9.80. The van der Waals surface area contributed by atoms with Gasteiger partial charge in [-0.2, -0.15) is 0 Å². The van der Waals surface area contributed by atoms with Gasteiger partial charge in [0.2, 0.25) is 0 Å². The molecule has 0 saturated carbocycles. The lowest BCUT2D eigenvalue weighted by molar-refractivity contribution is 0.0704. The van der Waals surface area contributed by atoms with Gasteiger partial charge < -0.3 is 14.6 Å². The fourth-order valence-electron chi connectivity index (χ4n) is 3.88. The predicted molar refractivity (Wildman–Crippen MR) is 102 cm³/mol. The third kappa shape index (κ3) is 2.94. The number of nitrogens with zero attached hydrogens (tertiary/aromatic N) is 2. The molecule has 1 fully saturated rings. The maximum Gasteiger partial charge on any atom is 0.257 e. The summed E-state index contributed by atoms with van der Waals surface area (Å²) in [5.74, 6) is 1.01. The van der Waals surface area contributed by atoms with Gasteiger partial charge in [-0.1, -0.05) is 6.07 Å². The van der Waals surface area contributed by atoms with Crippen LogP contribution in [0.2, 0.25) is 0 Å². The average molecular weight is 349 g/mol. The SMILES string of the molecule is COc1cc(C)ccc1C(=O)N1CCCC(c2c[nH]c3ncccc23)C1. The molecule has 2 aromatic heterocycles. The van der Waals surface area contributed by atoms with E-state index < -0.39 is 0 Å². The van der Waals surface area contributed by atoms with E-state index in [-0.39, 0.29) is 5.91 Å². The van der Waals surface area contributed by atoms with E-state index in [0.717, 1.165) is 42.5 Å². The summed E-state index contributed by atoms with van der Waals surface area (Å²) in [5.41, 5.74) is 3.88. The minimum absolute atomic E-state index is 0.0458. The highest BCUT2D eigenvalue weighted by molar-refractivity contribution is 5.97. The number of methoxy groups -OCH3 is 1. The molecule has 1 aromatic carbocycles. The fraction of sp³-hybridized carbons (Fsp3) is 0.333. The van der Waals surface area contributed by atoms with E-state index in [1.54, 1.807) is 13.3 Å². The van der Waals surface area contributed by atoms with Crippen LogP contribution in [0.1, 0.15) is 40.2 Å². The zero-order chi connectivity index (χ0) is 18.1. The molecule has 3 heterocycles. The number of aromatic nitrogens is 2. The summed E-state index contributed by atoms with van der Waals surface area (Å²) in [5, 5.41) is 1.15. The van der Waals surface area contributed by atoms with E-state index in [1.165, 1.54) is 5.56 Å². The van der Waals surface area contributed by atoms with Crippen LogP contribution in [-0.2, 0) is 0 Å². The Bertz CT molecular complexity index is 947. The number of pyridine rings is 1. The molecule has 26 heavy (non-hydrogen) atoms. The lowest BCUT2D eigenvalue weighted by Crippen LogP contribution is -2.39. The van der Waals surface area contributed by atoms with Gasteiger partial charge in [-0.15, -0.1) is 0 Å². The molecule has 3 aromatic rings. The van der Waals surface area contributed by atoms with Gasteiger partial charge in [-0.05, 0) is 55.2 Å². The lowest BCUT2D eigenvalue weighted by Gasteiger charge is -2.33. The first-order chi connectivity index (χ1) is 12.7. The first-order valence-corrected chi connectivity index (χ1v) is 9.03. The Hall–Kier alpha value is -2.82. The van der Waals surface area contributed by atoms with E-state index >= 15 is 0 Å². The van der Waals surface area contributed by atoms with Crippen LogP contribution in [0.25, 0.3) is 11.0 Å². The number of carbonyl (C=O) groups excluding carboxylic acids is 1. The van der Waals surface area contributed by atoms with Crippen LogP contribution in [0, 0.1) is 6.92 Å². The number of likely N-dealkylation sites (tertiary alicyclic amines) is 1. The van der Waals surface area contributed by atoms with Crippen LogP contribution in [0.3, 0.4) is 0 Å². The Morgan fingerprint density at radius 1 is 1.35 bits per heavy atom. The molecule has 1 atom stereocenters. The van der Waals surface area contributed by atoms with Crippen LogP contribution in [0.15, 0.2) is 42.7 Å². The number of fused-ring (bicyclic) bond motifs is 1. The molecule has 134 valence electrons. The Morgan fingerprint density at radius 2 is 2.23 bits per heavy atom.